The van der Waals surface area contributed by atoms with Crippen LogP contribution in [0.3, 0.4) is 0 Å². The Bertz CT molecular complexity index is 721. The lowest BCUT2D eigenvalue weighted by molar-refractivity contribution is 0.108. The Morgan fingerprint density at radius 3 is 2.53 bits per heavy atom. The molecule has 0 aliphatic carbocycles. The van der Waals surface area contributed by atoms with Gasteiger partial charge in [0.25, 0.3) is 5.24 Å². The first-order valence-electron chi connectivity index (χ1n) is 5.46. The van der Waals surface area contributed by atoms with Gasteiger partial charge in [-0.05, 0) is 30.2 Å². The molecule has 1 aliphatic rings. The number of halogens is 1. The molecule has 1 saturated heterocycles. The molecule has 2 rings (SSSR count). The molecule has 5 nitrogen and oxygen atoms in total. The van der Waals surface area contributed by atoms with Crippen molar-refractivity contribution in [2.24, 2.45) is 0 Å². The Morgan fingerprint density at radius 2 is 2.00 bits per heavy atom. The molecule has 1 atom stereocenters. The zero-order valence-corrected chi connectivity index (χ0v) is 12.1. The standard InChI is InChI=1S/C11H11ClO5S2/c12-11(13)8-2-1-3-9(6-8)19(16,17)10-4-5-18(14,15)7-10/h1-3,6,10H,4-5,7H2. The van der Waals surface area contributed by atoms with Crippen LogP contribution in [0.5, 0.6) is 0 Å². The van der Waals surface area contributed by atoms with Crippen molar-refractivity contribution >= 4 is 36.5 Å². The molecule has 1 aromatic rings. The molecule has 0 saturated carbocycles. The fourth-order valence-corrected chi connectivity index (χ4v) is 6.51. The molecule has 0 aromatic heterocycles. The minimum atomic E-state index is -3.76. The van der Waals surface area contributed by atoms with Crippen LogP contribution >= 0.6 is 11.6 Å². The number of carbonyl (C=O) groups excluding carboxylic acids is 1. The van der Waals surface area contributed by atoms with Gasteiger partial charge in [-0.25, -0.2) is 16.8 Å². The summed E-state index contributed by atoms with van der Waals surface area (Å²) in [5, 5.41) is -1.70. The van der Waals surface area contributed by atoms with Gasteiger partial charge in [0.05, 0.1) is 21.7 Å². The van der Waals surface area contributed by atoms with Crippen LogP contribution in [-0.4, -0.2) is 38.8 Å². The topological polar surface area (TPSA) is 85.3 Å². The molecule has 1 aromatic carbocycles. The summed E-state index contributed by atoms with van der Waals surface area (Å²) in [5.41, 5.74) is 0.0728. The van der Waals surface area contributed by atoms with E-state index in [2.05, 4.69) is 0 Å². The van der Waals surface area contributed by atoms with E-state index in [1.165, 1.54) is 24.3 Å². The summed E-state index contributed by atoms with van der Waals surface area (Å²) in [6.45, 7) is 0. The first-order valence-corrected chi connectivity index (χ1v) is 9.21. The fourth-order valence-electron chi connectivity index (χ4n) is 1.99. The van der Waals surface area contributed by atoms with E-state index in [1.54, 1.807) is 0 Å². The minimum Gasteiger partial charge on any atom is -0.276 e. The van der Waals surface area contributed by atoms with Gasteiger partial charge in [0.15, 0.2) is 19.7 Å². The highest BCUT2D eigenvalue weighted by Gasteiger charge is 2.38. The van der Waals surface area contributed by atoms with Crippen molar-refractivity contribution in [3.63, 3.8) is 0 Å². The van der Waals surface area contributed by atoms with Gasteiger partial charge in [-0.15, -0.1) is 0 Å². The predicted molar refractivity (Wildman–Crippen MR) is 70.9 cm³/mol. The molecule has 19 heavy (non-hydrogen) atoms. The van der Waals surface area contributed by atoms with Crippen molar-refractivity contribution < 1.29 is 21.6 Å². The molecule has 1 unspecified atom stereocenters. The van der Waals surface area contributed by atoms with Crippen LogP contribution in [0.2, 0.25) is 0 Å². The Morgan fingerprint density at radius 1 is 1.32 bits per heavy atom. The highest BCUT2D eigenvalue weighted by Crippen LogP contribution is 2.26. The van der Waals surface area contributed by atoms with E-state index in [9.17, 15) is 21.6 Å². The molecule has 0 spiro atoms. The first kappa shape index (κ1) is 14.5. The molecule has 0 radical (unpaired) electrons. The number of rotatable bonds is 3. The lowest BCUT2D eigenvalue weighted by atomic mass is 10.2. The molecule has 1 fully saturated rings. The van der Waals surface area contributed by atoms with Crippen LogP contribution in [-0.2, 0) is 19.7 Å². The maximum Gasteiger partial charge on any atom is 0.252 e. The third-order valence-corrected chi connectivity index (χ3v) is 7.41. The molecule has 104 valence electrons. The van der Waals surface area contributed by atoms with Crippen molar-refractivity contribution in [2.75, 3.05) is 11.5 Å². The second-order valence-electron chi connectivity index (χ2n) is 4.37. The Hall–Kier alpha value is -0.920. The van der Waals surface area contributed by atoms with Gasteiger partial charge in [0.2, 0.25) is 0 Å². The molecule has 0 N–H and O–H groups in total. The Balaban J connectivity index is 2.41. The lowest BCUT2D eigenvalue weighted by Crippen LogP contribution is -2.22. The quantitative estimate of drug-likeness (QED) is 0.776. The maximum absolute atomic E-state index is 12.3. The van der Waals surface area contributed by atoms with Gasteiger partial charge in [-0.3, -0.25) is 4.79 Å². The van der Waals surface area contributed by atoms with Gasteiger partial charge in [-0.1, -0.05) is 12.1 Å². The molecule has 0 bridgehead atoms. The summed E-state index contributed by atoms with van der Waals surface area (Å²) in [5.74, 6) is -0.487. The van der Waals surface area contributed by atoms with Crippen molar-refractivity contribution in [1.29, 1.82) is 0 Å². The monoisotopic (exact) mass is 322 g/mol. The van der Waals surface area contributed by atoms with Gasteiger partial charge >= 0.3 is 0 Å². The summed E-state index contributed by atoms with van der Waals surface area (Å²) >= 11 is 5.30. The summed E-state index contributed by atoms with van der Waals surface area (Å²) in [6, 6.07) is 5.32. The SMILES string of the molecule is O=C(Cl)c1cccc(S(=O)(=O)C2CCS(=O)(=O)C2)c1. The zero-order chi connectivity index (χ0) is 14.3. The third kappa shape index (κ3) is 2.98. The average Bonchev–Trinajstić information content (AvgIpc) is 2.70. The molecule has 0 amide bonds. The van der Waals surface area contributed by atoms with Crippen molar-refractivity contribution in [1.82, 2.24) is 0 Å². The van der Waals surface area contributed by atoms with Gasteiger partial charge in [-0.2, -0.15) is 0 Å². The molecular formula is C11H11ClO5S2. The number of sulfone groups is 2. The summed E-state index contributed by atoms with van der Waals surface area (Å²) in [4.78, 5) is 11.0. The summed E-state index contributed by atoms with van der Waals surface area (Å²) < 4.78 is 47.3. The van der Waals surface area contributed by atoms with Crippen molar-refractivity contribution in [3.05, 3.63) is 29.8 Å². The third-order valence-electron chi connectivity index (χ3n) is 3.02. The highest BCUT2D eigenvalue weighted by atomic mass is 35.5. The van der Waals surface area contributed by atoms with E-state index in [0.29, 0.717) is 0 Å². The zero-order valence-electron chi connectivity index (χ0n) is 9.74. The Labute approximate surface area is 116 Å². The lowest BCUT2D eigenvalue weighted by Gasteiger charge is -2.10. The summed E-state index contributed by atoms with van der Waals surface area (Å²) in [6.07, 6.45) is 0.0870. The fraction of sp³-hybridized carbons (Fsp3) is 0.364. The van der Waals surface area contributed by atoms with E-state index in [0.717, 1.165) is 0 Å². The average molecular weight is 323 g/mol. The van der Waals surface area contributed by atoms with E-state index in [-0.39, 0.29) is 28.4 Å². The van der Waals surface area contributed by atoms with Crippen LogP contribution in [0.1, 0.15) is 16.8 Å². The van der Waals surface area contributed by atoms with E-state index >= 15 is 0 Å². The van der Waals surface area contributed by atoms with Gasteiger partial charge in [0, 0.05) is 5.56 Å². The van der Waals surface area contributed by atoms with E-state index < -0.39 is 30.2 Å². The number of carbonyl (C=O) groups is 1. The van der Waals surface area contributed by atoms with Crippen LogP contribution in [0, 0.1) is 0 Å². The molecular weight excluding hydrogens is 312 g/mol. The minimum absolute atomic E-state index is 0.0684. The smallest absolute Gasteiger partial charge is 0.252 e. The van der Waals surface area contributed by atoms with Gasteiger partial charge < -0.3 is 0 Å². The number of hydrogen-bond donors (Lipinski definition) is 0. The van der Waals surface area contributed by atoms with Crippen LogP contribution < -0.4 is 0 Å². The number of benzene rings is 1. The van der Waals surface area contributed by atoms with Gasteiger partial charge in [0.1, 0.15) is 0 Å². The molecule has 8 heteroatoms. The first-order chi connectivity index (χ1) is 8.72. The normalized spacial score (nSPS) is 22.3. The second-order valence-corrected chi connectivity index (χ2v) is 9.17. The maximum atomic E-state index is 12.3. The second kappa shape index (κ2) is 4.88. The van der Waals surface area contributed by atoms with Crippen LogP contribution in [0.4, 0.5) is 0 Å². The molecule has 1 aliphatic heterocycles. The summed E-state index contributed by atoms with van der Waals surface area (Å²) in [7, 11) is -7.04. The van der Waals surface area contributed by atoms with E-state index in [1.807, 2.05) is 0 Å². The molecule has 1 heterocycles. The van der Waals surface area contributed by atoms with Crippen LogP contribution in [0.25, 0.3) is 0 Å². The van der Waals surface area contributed by atoms with Crippen LogP contribution in [0.15, 0.2) is 29.2 Å². The number of hydrogen-bond acceptors (Lipinski definition) is 5. The van der Waals surface area contributed by atoms with Crippen molar-refractivity contribution in [2.45, 2.75) is 16.6 Å². The van der Waals surface area contributed by atoms with Crippen molar-refractivity contribution in [3.8, 4) is 0 Å². The Kier molecular flexibility index (Phi) is 3.72. The largest absolute Gasteiger partial charge is 0.276 e. The highest BCUT2D eigenvalue weighted by molar-refractivity contribution is 7.96. The predicted octanol–water partition coefficient (Wildman–Crippen LogP) is 1.03. The van der Waals surface area contributed by atoms with E-state index in [4.69, 9.17) is 11.6 Å².